The fraction of sp³-hybridized carbons (Fsp3) is 1.00. The maximum absolute atomic E-state index is 14.6. The quantitative estimate of drug-likeness (QED) is 0.613. The topological polar surface area (TPSA) is 9.23 Å². The fourth-order valence-electron chi connectivity index (χ4n) is 4.21. The van der Waals surface area contributed by atoms with Crippen LogP contribution < -0.4 is 0 Å². The molecular weight excluding hydrogens is 255 g/mol. The Hall–Kier alpha value is 0.107. The highest BCUT2D eigenvalue weighted by Gasteiger charge is 2.51. The van der Waals surface area contributed by atoms with E-state index in [4.69, 9.17) is 4.74 Å². The molecule has 1 nitrogen and oxygen atoms in total. The zero-order valence-electron chi connectivity index (χ0n) is 14.1. The summed E-state index contributed by atoms with van der Waals surface area (Å²) in [6.45, 7) is 18.5. The lowest BCUT2D eigenvalue weighted by Crippen LogP contribution is -2.48. The molecule has 1 rings (SSSR count). The summed E-state index contributed by atoms with van der Waals surface area (Å²) in [5, 5.41) is 0. The van der Waals surface area contributed by atoms with E-state index in [1.807, 2.05) is 13.8 Å². The minimum absolute atomic E-state index is 0.172. The van der Waals surface area contributed by atoms with Crippen molar-refractivity contribution in [3.63, 3.8) is 0 Å². The fourth-order valence-corrected chi connectivity index (χ4v) is 10.6. The molecule has 1 fully saturated rings. The second kappa shape index (κ2) is 5.85. The monoisotopic (exact) mass is 288 g/mol. The van der Waals surface area contributed by atoms with E-state index < -0.39 is 14.2 Å². The van der Waals surface area contributed by atoms with Gasteiger partial charge in [0.05, 0.1) is 20.8 Å². The third kappa shape index (κ3) is 3.07. The van der Waals surface area contributed by atoms with E-state index in [2.05, 4.69) is 41.5 Å². The minimum Gasteiger partial charge on any atom is -0.375 e. The molecule has 0 amide bonds. The molecule has 0 aromatic rings. The minimum atomic E-state index is -1.56. The molecule has 0 unspecified atom stereocenters. The van der Waals surface area contributed by atoms with E-state index in [1.165, 1.54) is 0 Å². The highest BCUT2D eigenvalue weighted by Crippen LogP contribution is 2.48. The Morgan fingerprint density at radius 3 is 1.74 bits per heavy atom. The molecule has 0 radical (unpaired) electrons. The number of halogens is 1. The number of rotatable bonds is 5. The molecule has 0 aromatic carbocycles. The van der Waals surface area contributed by atoms with Crippen molar-refractivity contribution in [2.75, 3.05) is 6.61 Å². The Balaban J connectivity index is 2.97. The molecule has 2 atom stereocenters. The Kier molecular flexibility index (Phi) is 5.28. The maximum Gasteiger partial charge on any atom is 0.133 e. The second-order valence-corrected chi connectivity index (χ2v) is 14.1. The third-order valence-electron chi connectivity index (χ3n) is 5.52. The Labute approximate surface area is 120 Å². The highest BCUT2D eigenvalue weighted by molar-refractivity contribution is 6.83. The van der Waals surface area contributed by atoms with E-state index in [1.54, 1.807) is 0 Å². The summed E-state index contributed by atoms with van der Waals surface area (Å²) in [5.41, 5.74) is 1.71. The van der Waals surface area contributed by atoms with Crippen molar-refractivity contribution < 1.29 is 9.13 Å². The van der Waals surface area contributed by atoms with Gasteiger partial charge in [-0.25, -0.2) is 4.39 Å². The first-order valence-corrected chi connectivity index (χ1v) is 10.2. The summed E-state index contributed by atoms with van der Waals surface area (Å²) >= 11 is 0. The molecule has 0 aliphatic carbocycles. The van der Waals surface area contributed by atoms with Crippen LogP contribution in [0.5, 0.6) is 0 Å². The molecule has 0 N–H and O–H groups in total. The number of alkyl halides is 1. The summed E-state index contributed by atoms with van der Waals surface area (Å²) in [5.74, 6) is 0. The van der Waals surface area contributed by atoms with Crippen LogP contribution >= 0.6 is 0 Å². The molecule has 0 saturated carbocycles. The number of ether oxygens (including phenoxy) is 1. The van der Waals surface area contributed by atoms with Crippen LogP contribution in [-0.2, 0) is 4.74 Å². The SMILES string of the molecule is CC(C)[Si](C[C@H]1OCC(C)(C)[C@H]1F)(C(C)C)C(C)C. The predicted octanol–water partition coefficient (Wildman–Crippen LogP) is 5.43. The Morgan fingerprint density at radius 2 is 1.47 bits per heavy atom. The van der Waals surface area contributed by atoms with Gasteiger partial charge in [-0.05, 0) is 6.04 Å². The molecule has 1 heterocycles. The Morgan fingerprint density at radius 1 is 1.05 bits per heavy atom. The lowest BCUT2D eigenvalue weighted by atomic mass is 9.89. The normalized spacial score (nSPS) is 27.8. The van der Waals surface area contributed by atoms with Crippen LogP contribution in [-0.4, -0.2) is 27.0 Å². The van der Waals surface area contributed by atoms with Crippen LogP contribution in [0.4, 0.5) is 4.39 Å². The molecule has 3 heteroatoms. The van der Waals surface area contributed by atoms with Gasteiger partial charge in [-0.15, -0.1) is 0 Å². The molecule has 19 heavy (non-hydrogen) atoms. The molecule has 0 spiro atoms. The van der Waals surface area contributed by atoms with Gasteiger partial charge in [0.1, 0.15) is 6.17 Å². The number of hydrogen-bond donors (Lipinski definition) is 0. The van der Waals surface area contributed by atoms with Gasteiger partial charge in [0.25, 0.3) is 0 Å². The average Bonchev–Trinajstić information content (AvgIpc) is 2.50. The van der Waals surface area contributed by atoms with Crippen molar-refractivity contribution in [1.82, 2.24) is 0 Å². The van der Waals surface area contributed by atoms with Gasteiger partial charge in [0.15, 0.2) is 0 Å². The lowest BCUT2D eigenvalue weighted by molar-refractivity contribution is 0.0904. The first-order chi connectivity index (χ1) is 8.55. The summed E-state index contributed by atoms with van der Waals surface area (Å²) in [6.07, 6.45) is -0.982. The molecular formula is C16H33FOSi. The third-order valence-corrected chi connectivity index (χ3v) is 13.1. The molecule has 1 saturated heterocycles. The van der Waals surface area contributed by atoms with Crippen molar-refractivity contribution in [2.45, 2.75) is 90.3 Å². The molecule has 114 valence electrons. The molecule has 1 aliphatic heterocycles. The van der Waals surface area contributed by atoms with Crippen LogP contribution in [0.2, 0.25) is 22.7 Å². The van der Waals surface area contributed by atoms with Gasteiger partial charge in [-0.2, -0.15) is 0 Å². The van der Waals surface area contributed by atoms with E-state index >= 15 is 0 Å². The van der Waals surface area contributed by atoms with Gasteiger partial charge in [0.2, 0.25) is 0 Å². The Bertz CT molecular complexity index is 277. The van der Waals surface area contributed by atoms with Crippen molar-refractivity contribution in [3.8, 4) is 0 Å². The molecule has 0 aromatic heterocycles. The van der Waals surface area contributed by atoms with Crippen LogP contribution in [0.3, 0.4) is 0 Å². The van der Waals surface area contributed by atoms with Gasteiger partial charge < -0.3 is 4.74 Å². The summed E-state index contributed by atoms with van der Waals surface area (Å²) in [7, 11) is -1.56. The van der Waals surface area contributed by atoms with Gasteiger partial charge >= 0.3 is 0 Å². The van der Waals surface area contributed by atoms with Crippen LogP contribution in [0.1, 0.15) is 55.4 Å². The summed E-state index contributed by atoms with van der Waals surface area (Å²) in [6, 6.07) is 0.977. The first-order valence-electron chi connectivity index (χ1n) is 7.81. The van der Waals surface area contributed by atoms with E-state index in [-0.39, 0.29) is 11.5 Å². The van der Waals surface area contributed by atoms with Crippen molar-refractivity contribution in [3.05, 3.63) is 0 Å². The molecule has 0 bridgehead atoms. The highest BCUT2D eigenvalue weighted by atomic mass is 28.3. The standard InChI is InChI=1S/C16H33FOSi/c1-11(2)19(12(3)4,13(5)6)9-14-15(17)16(7,8)10-18-14/h11-15H,9-10H2,1-8H3/t14-,15+/m1/s1. The van der Waals surface area contributed by atoms with Crippen LogP contribution in [0.25, 0.3) is 0 Å². The van der Waals surface area contributed by atoms with Gasteiger partial charge in [0, 0.05) is 5.41 Å². The smallest absolute Gasteiger partial charge is 0.133 e. The van der Waals surface area contributed by atoms with Gasteiger partial charge in [-0.3, -0.25) is 0 Å². The maximum atomic E-state index is 14.6. The van der Waals surface area contributed by atoms with Crippen molar-refractivity contribution in [1.29, 1.82) is 0 Å². The zero-order valence-corrected chi connectivity index (χ0v) is 15.1. The van der Waals surface area contributed by atoms with Crippen molar-refractivity contribution in [2.24, 2.45) is 5.41 Å². The van der Waals surface area contributed by atoms with Gasteiger partial charge in [-0.1, -0.05) is 72.0 Å². The number of hydrogen-bond acceptors (Lipinski definition) is 1. The molecule has 1 aliphatic rings. The summed E-state index contributed by atoms with van der Waals surface area (Å²) in [4.78, 5) is 0. The average molecular weight is 289 g/mol. The van der Waals surface area contributed by atoms with E-state index in [0.29, 0.717) is 23.2 Å². The van der Waals surface area contributed by atoms with Crippen LogP contribution in [0.15, 0.2) is 0 Å². The van der Waals surface area contributed by atoms with E-state index in [0.717, 1.165) is 6.04 Å². The van der Waals surface area contributed by atoms with Crippen LogP contribution in [0, 0.1) is 5.41 Å². The largest absolute Gasteiger partial charge is 0.375 e. The lowest BCUT2D eigenvalue weighted by Gasteiger charge is -2.45. The summed E-state index contributed by atoms with van der Waals surface area (Å²) < 4.78 is 20.4. The van der Waals surface area contributed by atoms with Crippen molar-refractivity contribution >= 4 is 8.07 Å². The predicted molar refractivity (Wildman–Crippen MR) is 84.3 cm³/mol. The first kappa shape index (κ1) is 17.2. The second-order valence-electron chi connectivity index (χ2n) is 8.02. The van der Waals surface area contributed by atoms with E-state index in [9.17, 15) is 4.39 Å². The zero-order chi connectivity index (χ0) is 15.0.